The Bertz CT molecular complexity index is 5960. The van der Waals surface area contributed by atoms with Gasteiger partial charge in [0.1, 0.15) is 17.1 Å². The summed E-state index contributed by atoms with van der Waals surface area (Å²) in [5, 5.41) is 67.3. The number of para-hydroxylation sites is 4. The third-order valence-electron chi connectivity index (χ3n) is 18.4. The summed E-state index contributed by atoms with van der Waals surface area (Å²) in [6, 6.07) is 65.4. The average molecular weight is 1840 g/mol. The molecular formula is C91H74Cl5F3N8NaO17S-. The summed E-state index contributed by atoms with van der Waals surface area (Å²) in [4.78, 5) is 84.3. The number of aromatic nitrogens is 1. The van der Waals surface area contributed by atoms with Gasteiger partial charge in [-0.05, 0) is 202 Å². The maximum absolute atomic E-state index is 12.9. The summed E-state index contributed by atoms with van der Waals surface area (Å²) in [5.41, 5.74) is 12.0. The van der Waals surface area contributed by atoms with E-state index in [9.17, 15) is 65.7 Å². The minimum Gasteiger partial charge on any atom is -0.755 e. The van der Waals surface area contributed by atoms with Crippen molar-refractivity contribution >= 4 is 179 Å². The van der Waals surface area contributed by atoms with E-state index in [2.05, 4.69) is 36.9 Å². The van der Waals surface area contributed by atoms with Gasteiger partial charge in [-0.1, -0.05) is 173 Å². The van der Waals surface area contributed by atoms with E-state index in [4.69, 9.17) is 87.2 Å². The number of esters is 2. The Morgan fingerprint density at radius 3 is 1.40 bits per heavy atom. The van der Waals surface area contributed by atoms with E-state index in [-0.39, 0.29) is 97.4 Å². The van der Waals surface area contributed by atoms with E-state index < -0.39 is 71.1 Å². The third kappa shape index (κ3) is 27.1. The number of nitrogens with one attached hydrogen (secondary N) is 7. The number of rotatable bonds is 22. The van der Waals surface area contributed by atoms with Crippen molar-refractivity contribution < 1.29 is 124 Å². The van der Waals surface area contributed by atoms with Crippen LogP contribution in [0.5, 0.6) is 0 Å². The molecule has 3 heterocycles. The molecule has 0 bridgehead atoms. The number of hydrogen-bond acceptors (Lipinski definition) is 20. The fraction of sp³-hybridized carbons (Fsp3) is 0.0989. The van der Waals surface area contributed by atoms with Crippen molar-refractivity contribution in [3.8, 4) is 0 Å². The standard InChI is InChI=1S/C21H13F3N2O4.2C15H15NO2.2C14H11Cl2NO2.C12H11ClN2O5S.Na/c22-21(23,24)12-5-3-6-13(11-12)26-17-16(9-4-10-25-17)19(28)30-20-15-8-2-1-7-14(15)18(27)29-20;2*1-10-6-5-9-13(11(10)2)16-14-8-4-3-7-12(14)15(17)18;2*1-8-6-7-10(15)13(12(8)16)17-11-5-3-2-4-9(11)14(18)19;13-9-5-10(14-6-7-2-1-3-20-7)8(12(16)17)4-11(9)15-21(18)19;/h1-11,20H,(H,25,26);2*3-9,16H,1-2H3,(H,17,18);2*2-7,17H,1H3,(H,18,19);1-5,14-15H,6H2,(H,16,17)(H,18,19);/q;;;;;;+1/p-2. The van der Waals surface area contributed by atoms with Crippen LogP contribution in [0.4, 0.5) is 81.6 Å². The van der Waals surface area contributed by atoms with Gasteiger partial charge in [0.15, 0.2) is 0 Å². The van der Waals surface area contributed by atoms with Gasteiger partial charge in [0.25, 0.3) is 6.29 Å². The number of fused-ring (bicyclic) bond motifs is 1. The van der Waals surface area contributed by atoms with Crippen LogP contribution in [0.25, 0.3) is 0 Å². The number of ether oxygens (including phenoxy) is 2. The SMILES string of the molecule is Cc1ccc(Cl)c(Nc2ccccc2C(=O)O)c1Cl.Cc1ccc(Cl)c(Nc2ccccc2C(=O)[O-])c1Cl.Cc1cccc(Nc2ccccc2C(=O)O)c1C.Cc1cccc(Nc2ccccc2C(=O)O)c1C.O=C(O)c1cc(NS(=O)[O-])c(Cl)cc1NCc1ccco1.O=C1OC(OC(=O)c2cccnc2Nc2cccc(C(F)(F)F)c2)c2ccccc21.[Na+]. The number of aromatic carboxylic acids is 5. The number of alkyl halides is 3. The molecule has 35 heteroatoms. The van der Waals surface area contributed by atoms with Crippen molar-refractivity contribution in [3.05, 3.63) is 369 Å². The van der Waals surface area contributed by atoms with E-state index in [0.717, 1.165) is 51.8 Å². The fourth-order valence-corrected chi connectivity index (χ4v) is 13.1. The quantitative estimate of drug-likeness (QED) is 0.0170. The number of halogens is 8. The molecule has 13 aromatic rings. The smallest absolute Gasteiger partial charge is 0.755 e. The largest absolute Gasteiger partial charge is 1.00 e. The number of benzene rings is 11. The molecule has 14 rings (SSSR count). The molecule has 2 aromatic heterocycles. The second-order valence-electron chi connectivity index (χ2n) is 26.8. The van der Waals surface area contributed by atoms with Crippen molar-refractivity contribution in [2.24, 2.45) is 0 Å². The van der Waals surface area contributed by atoms with Crippen LogP contribution in [-0.2, 0) is 33.5 Å². The van der Waals surface area contributed by atoms with Crippen molar-refractivity contribution in [2.75, 3.05) is 36.6 Å². The first-order valence-electron chi connectivity index (χ1n) is 37.0. The zero-order chi connectivity index (χ0) is 90.9. The Morgan fingerprint density at radius 1 is 0.476 bits per heavy atom. The number of carboxylic acid groups (broad SMARTS) is 5. The van der Waals surface area contributed by atoms with Crippen LogP contribution in [-0.4, -0.2) is 76.0 Å². The number of hydrogen-bond donors (Lipinski definition) is 11. The van der Waals surface area contributed by atoms with Crippen molar-refractivity contribution in [2.45, 2.75) is 60.6 Å². The van der Waals surface area contributed by atoms with E-state index in [1.807, 2.05) is 94.8 Å². The number of carboxylic acids is 5. The van der Waals surface area contributed by atoms with Gasteiger partial charge < -0.3 is 85.4 Å². The molecule has 0 radical (unpaired) electrons. The van der Waals surface area contributed by atoms with Crippen LogP contribution in [0.3, 0.4) is 0 Å². The summed E-state index contributed by atoms with van der Waals surface area (Å²) in [6.45, 7) is 12.1. The van der Waals surface area contributed by atoms with Gasteiger partial charge in [-0.15, -0.1) is 0 Å². The molecule has 126 heavy (non-hydrogen) atoms. The molecule has 0 saturated carbocycles. The normalized spacial score (nSPS) is 11.6. The van der Waals surface area contributed by atoms with Crippen LogP contribution < -0.4 is 71.3 Å². The summed E-state index contributed by atoms with van der Waals surface area (Å²) < 4.78 is 77.6. The Morgan fingerprint density at radius 2 is 0.929 bits per heavy atom. The van der Waals surface area contributed by atoms with Gasteiger partial charge in [-0.3, -0.25) is 4.21 Å². The molecule has 644 valence electrons. The van der Waals surface area contributed by atoms with Crippen molar-refractivity contribution in [3.63, 3.8) is 0 Å². The van der Waals surface area contributed by atoms with E-state index >= 15 is 0 Å². The number of pyridine rings is 1. The van der Waals surface area contributed by atoms with Crippen LogP contribution >= 0.6 is 58.0 Å². The fourth-order valence-electron chi connectivity index (χ4n) is 11.6. The first-order chi connectivity index (χ1) is 59.5. The monoisotopic (exact) mass is 1840 g/mol. The summed E-state index contributed by atoms with van der Waals surface area (Å²) in [6.07, 6.45) is -2.86. The van der Waals surface area contributed by atoms with Gasteiger partial charge in [-0.25, -0.2) is 33.8 Å². The van der Waals surface area contributed by atoms with E-state index in [1.54, 1.807) is 133 Å². The molecule has 1 aliphatic rings. The van der Waals surface area contributed by atoms with Gasteiger partial charge >= 0.3 is 71.5 Å². The third-order valence-corrected chi connectivity index (χ3v) is 20.7. The molecule has 1 aliphatic heterocycles. The molecule has 0 fully saturated rings. The van der Waals surface area contributed by atoms with E-state index in [1.165, 1.54) is 66.1 Å². The minimum atomic E-state index is -4.51. The Labute approximate surface area is 769 Å². The number of furan rings is 1. The zero-order valence-corrected chi connectivity index (χ0v) is 74.1. The van der Waals surface area contributed by atoms with Crippen LogP contribution in [0.15, 0.2) is 260 Å². The molecule has 0 spiro atoms. The number of carbonyl (C=O) groups is 7. The summed E-state index contributed by atoms with van der Waals surface area (Å²) in [5.74, 6) is -6.19. The summed E-state index contributed by atoms with van der Waals surface area (Å²) >= 11 is 27.8. The molecule has 0 saturated heterocycles. The molecule has 0 amide bonds. The molecule has 11 N–H and O–H groups in total. The first-order valence-corrected chi connectivity index (χ1v) is 39.9. The maximum atomic E-state index is 12.9. The molecule has 25 nitrogen and oxygen atoms in total. The number of nitrogens with zero attached hydrogens (tertiary/aromatic N) is 1. The van der Waals surface area contributed by atoms with Crippen LogP contribution in [0.1, 0.15) is 129 Å². The first kappa shape index (κ1) is 98.5. The average Bonchev–Trinajstić information content (AvgIpc) is 1.64. The van der Waals surface area contributed by atoms with Crippen LogP contribution in [0, 0.1) is 41.5 Å². The van der Waals surface area contributed by atoms with Crippen molar-refractivity contribution in [1.82, 2.24) is 4.98 Å². The molecule has 11 aromatic carbocycles. The van der Waals surface area contributed by atoms with Gasteiger partial charge in [0, 0.05) is 51.3 Å². The molecular weight excluding hydrogens is 1770 g/mol. The van der Waals surface area contributed by atoms with Crippen LogP contribution in [0.2, 0.25) is 25.1 Å². The van der Waals surface area contributed by atoms with E-state index in [0.29, 0.717) is 71.1 Å². The second-order valence-corrected chi connectivity index (χ2v) is 29.4. The minimum absolute atomic E-state index is 0. The Hall–Kier alpha value is -12.9. The van der Waals surface area contributed by atoms with Gasteiger partial charge in [0.2, 0.25) is 0 Å². The number of aryl methyl sites for hydroxylation is 4. The Kier molecular flexibility index (Phi) is 36.1. The number of carbonyl (C=O) groups excluding carboxylic acids is 3. The van der Waals surface area contributed by atoms with Gasteiger partial charge in [0.05, 0.1) is 117 Å². The topological polar surface area (TPSA) is 392 Å². The molecule has 0 aliphatic carbocycles. The second kappa shape index (κ2) is 46.2. The number of cyclic esters (lactones) is 1. The van der Waals surface area contributed by atoms with Crippen molar-refractivity contribution in [1.29, 1.82) is 0 Å². The predicted molar refractivity (Wildman–Crippen MR) is 474 cm³/mol. The predicted octanol–water partition coefficient (Wildman–Crippen LogP) is 20.0. The zero-order valence-electron chi connectivity index (χ0n) is 67.5. The maximum Gasteiger partial charge on any atom is 1.00 e. The Balaban J connectivity index is 0.000000189. The van der Waals surface area contributed by atoms with Gasteiger partial charge in [-0.2, -0.15) is 13.2 Å². The number of anilines is 12. The summed E-state index contributed by atoms with van der Waals surface area (Å²) in [7, 11) is 0. The molecule has 2 unspecified atom stereocenters. The molecule has 2 atom stereocenters.